The zero-order chi connectivity index (χ0) is 27.2. The third-order valence-electron chi connectivity index (χ3n) is 5.82. The van der Waals surface area contributed by atoms with Crippen molar-refractivity contribution < 1.29 is 31.8 Å². The number of sulfone groups is 1. The highest BCUT2D eigenvalue weighted by atomic mass is 32.2. The first kappa shape index (κ1) is 26.5. The number of imidazole rings is 1. The van der Waals surface area contributed by atoms with Crippen molar-refractivity contribution in [3.8, 4) is 28.2 Å². The minimum atomic E-state index is -4.65. The molecule has 194 valence electrons. The highest BCUT2D eigenvalue weighted by Gasteiger charge is 2.35. The van der Waals surface area contributed by atoms with Crippen LogP contribution < -0.4 is 0 Å². The molecule has 0 radical (unpaired) electrons. The van der Waals surface area contributed by atoms with Crippen molar-refractivity contribution in [1.82, 2.24) is 14.5 Å². The second kappa shape index (κ2) is 9.40. The van der Waals surface area contributed by atoms with Crippen molar-refractivity contribution >= 4 is 9.84 Å². The molecule has 2 heterocycles. The summed E-state index contributed by atoms with van der Waals surface area (Å²) in [4.78, 5) is 8.19. The lowest BCUT2D eigenvalue weighted by atomic mass is 10.0. The van der Waals surface area contributed by atoms with Gasteiger partial charge in [0.25, 0.3) is 0 Å². The van der Waals surface area contributed by atoms with Crippen molar-refractivity contribution in [1.29, 1.82) is 0 Å². The van der Waals surface area contributed by atoms with Crippen molar-refractivity contribution in [2.24, 2.45) is 0 Å². The number of hydrogen-bond donors (Lipinski definition) is 2. The Hall–Kier alpha value is -3.54. The number of benzene rings is 2. The number of aromatic nitrogens is 3. The summed E-state index contributed by atoms with van der Waals surface area (Å²) in [6, 6.07) is 12.2. The van der Waals surface area contributed by atoms with Gasteiger partial charge in [-0.05, 0) is 54.8 Å². The number of halogens is 3. The highest BCUT2D eigenvalue weighted by Crippen LogP contribution is 2.38. The molecule has 4 aromatic rings. The summed E-state index contributed by atoms with van der Waals surface area (Å²) in [6.07, 6.45) is 0.0156. The van der Waals surface area contributed by atoms with E-state index in [2.05, 4.69) is 9.97 Å². The van der Waals surface area contributed by atoms with E-state index in [1.807, 2.05) is 0 Å². The summed E-state index contributed by atoms with van der Waals surface area (Å²) in [7, 11) is -3.58. The summed E-state index contributed by atoms with van der Waals surface area (Å²) in [5, 5.41) is 20.0. The van der Waals surface area contributed by atoms with Crippen LogP contribution in [-0.2, 0) is 28.2 Å². The van der Waals surface area contributed by atoms with Crippen LogP contribution in [0.1, 0.15) is 30.7 Å². The molecule has 0 aliphatic rings. The number of aliphatic hydroxyl groups is 2. The van der Waals surface area contributed by atoms with Crippen LogP contribution in [0.25, 0.3) is 28.2 Å². The standard InChI is InChI=1S/C26H24F3N3O4S/c1-25(2,34)23-14-32(24(31-23)20-13-30-11-10-21(20)26(27,28)29)19-8-6-16(7-9-19)17-4-5-18(15-33)22(12-17)37(3,35)36/h4-14,33-34H,15H2,1-3H3. The van der Waals surface area contributed by atoms with E-state index in [9.17, 15) is 31.8 Å². The first-order valence-electron chi connectivity index (χ1n) is 11.1. The number of nitrogens with zero attached hydrogens (tertiary/aromatic N) is 3. The summed E-state index contributed by atoms with van der Waals surface area (Å²) < 4.78 is 67.0. The predicted molar refractivity (Wildman–Crippen MR) is 132 cm³/mol. The average Bonchev–Trinajstić information content (AvgIpc) is 3.29. The molecular weight excluding hydrogens is 507 g/mol. The quantitative estimate of drug-likeness (QED) is 0.372. The Balaban J connectivity index is 1.84. The van der Waals surface area contributed by atoms with Crippen LogP contribution in [0.2, 0.25) is 0 Å². The first-order chi connectivity index (χ1) is 17.2. The van der Waals surface area contributed by atoms with Crippen molar-refractivity contribution in [2.45, 2.75) is 37.1 Å². The topological polar surface area (TPSA) is 105 Å². The van der Waals surface area contributed by atoms with Gasteiger partial charge in [0.15, 0.2) is 9.84 Å². The Morgan fingerprint density at radius 2 is 1.65 bits per heavy atom. The van der Waals surface area contributed by atoms with E-state index in [0.29, 0.717) is 16.8 Å². The van der Waals surface area contributed by atoms with E-state index in [1.165, 1.54) is 36.7 Å². The minimum absolute atomic E-state index is 0.0135. The molecule has 37 heavy (non-hydrogen) atoms. The van der Waals surface area contributed by atoms with Crippen molar-refractivity contribution in [2.75, 3.05) is 6.26 Å². The average molecular weight is 532 g/mol. The maximum Gasteiger partial charge on any atom is 0.417 e. The fraction of sp³-hybridized carbons (Fsp3) is 0.231. The molecule has 0 unspecified atom stereocenters. The summed E-state index contributed by atoms with van der Waals surface area (Å²) in [5.74, 6) is -0.0445. The zero-order valence-electron chi connectivity index (χ0n) is 20.2. The molecule has 2 aromatic heterocycles. The van der Waals surface area contributed by atoms with Gasteiger partial charge in [0, 0.05) is 36.1 Å². The molecule has 7 nitrogen and oxygen atoms in total. The fourth-order valence-electron chi connectivity index (χ4n) is 3.91. The van der Waals surface area contributed by atoms with Crippen LogP contribution in [0.5, 0.6) is 0 Å². The zero-order valence-corrected chi connectivity index (χ0v) is 21.0. The number of hydrogen-bond acceptors (Lipinski definition) is 6. The summed E-state index contributed by atoms with van der Waals surface area (Å²) >= 11 is 0. The molecular formula is C26H24F3N3O4S. The molecule has 0 atom stereocenters. The second-order valence-corrected chi connectivity index (χ2v) is 11.1. The Morgan fingerprint density at radius 3 is 2.22 bits per heavy atom. The van der Waals surface area contributed by atoms with Gasteiger partial charge in [0.05, 0.1) is 22.8 Å². The predicted octanol–water partition coefficient (Wildman–Crippen LogP) is 4.74. The number of aliphatic hydroxyl groups excluding tert-OH is 1. The van der Waals surface area contributed by atoms with Crippen LogP contribution in [0.3, 0.4) is 0 Å². The molecule has 0 spiro atoms. The van der Waals surface area contributed by atoms with E-state index in [4.69, 9.17) is 0 Å². The molecule has 2 N–H and O–H groups in total. The van der Waals surface area contributed by atoms with Gasteiger partial charge in [0.1, 0.15) is 11.4 Å². The van der Waals surface area contributed by atoms with Gasteiger partial charge in [0.2, 0.25) is 0 Å². The fourth-order valence-corrected chi connectivity index (χ4v) is 4.86. The molecule has 11 heteroatoms. The largest absolute Gasteiger partial charge is 0.417 e. The van der Waals surface area contributed by atoms with E-state index in [0.717, 1.165) is 24.7 Å². The lowest BCUT2D eigenvalue weighted by Gasteiger charge is -2.14. The van der Waals surface area contributed by atoms with E-state index in [1.54, 1.807) is 30.3 Å². The van der Waals surface area contributed by atoms with Gasteiger partial charge < -0.3 is 10.2 Å². The third kappa shape index (κ3) is 5.43. The monoisotopic (exact) mass is 531 g/mol. The smallest absolute Gasteiger partial charge is 0.392 e. The SMILES string of the molecule is CC(C)(O)c1cn(-c2ccc(-c3ccc(CO)c(S(C)(=O)=O)c3)cc2)c(-c2cnccc2C(F)(F)F)n1. The molecule has 0 saturated heterocycles. The molecule has 0 fully saturated rings. The molecule has 4 rings (SSSR count). The van der Waals surface area contributed by atoms with Gasteiger partial charge in [-0.2, -0.15) is 13.2 Å². The van der Waals surface area contributed by atoms with Gasteiger partial charge in [-0.3, -0.25) is 9.55 Å². The Bertz CT molecular complexity index is 1560. The first-order valence-corrected chi connectivity index (χ1v) is 13.0. The van der Waals surface area contributed by atoms with Crippen LogP contribution in [0, 0.1) is 0 Å². The number of alkyl halides is 3. The lowest BCUT2D eigenvalue weighted by Crippen LogP contribution is -2.15. The van der Waals surface area contributed by atoms with Crippen molar-refractivity contribution in [3.05, 3.63) is 83.9 Å². The van der Waals surface area contributed by atoms with Crippen LogP contribution >= 0.6 is 0 Å². The normalized spacial score (nSPS) is 12.6. The lowest BCUT2D eigenvalue weighted by molar-refractivity contribution is -0.137. The van der Waals surface area contributed by atoms with Gasteiger partial charge >= 0.3 is 6.18 Å². The van der Waals surface area contributed by atoms with E-state index < -0.39 is 33.8 Å². The minimum Gasteiger partial charge on any atom is -0.392 e. The maximum absolute atomic E-state index is 13.7. The van der Waals surface area contributed by atoms with E-state index >= 15 is 0 Å². The molecule has 0 aliphatic heterocycles. The van der Waals surface area contributed by atoms with Crippen LogP contribution in [-0.4, -0.2) is 39.4 Å². The number of pyridine rings is 1. The third-order valence-corrected chi connectivity index (χ3v) is 6.99. The molecule has 0 bridgehead atoms. The number of rotatable bonds is 6. The van der Waals surface area contributed by atoms with Gasteiger partial charge in [-0.15, -0.1) is 0 Å². The second-order valence-electron chi connectivity index (χ2n) is 9.10. The Morgan fingerprint density at radius 1 is 1.00 bits per heavy atom. The van der Waals surface area contributed by atoms with Gasteiger partial charge in [-0.1, -0.05) is 24.3 Å². The van der Waals surface area contributed by atoms with Crippen LogP contribution in [0.4, 0.5) is 13.2 Å². The highest BCUT2D eigenvalue weighted by molar-refractivity contribution is 7.90. The Kier molecular flexibility index (Phi) is 6.74. The summed E-state index contributed by atoms with van der Waals surface area (Å²) in [5.41, 5.74) is -0.426. The molecule has 0 aliphatic carbocycles. The molecule has 0 saturated carbocycles. The molecule has 0 amide bonds. The van der Waals surface area contributed by atoms with Crippen LogP contribution in [0.15, 0.2) is 72.0 Å². The van der Waals surface area contributed by atoms with Gasteiger partial charge in [-0.25, -0.2) is 13.4 Å². The van der Waals surface area contributed by atoms with Crippen molar-refractivity contribution in [3.63, 3.8) is 0 Å². The summed E-state index contributed by atoms with van der Waals surface area (Å²) in [6.45, 7) is 2.54. The maximum atomic E-state index is 13.7. The van der Waals surface area contributed by atoms with E-state index in [-0.39, 0.29) is 27.5 Å². The Labute approximate surface area is 211 Å². The molecule has 2 aromatic carbocycles.